The maximum atomic E-state index is 12.5. The highest BCUT2D eigenvalue weighted by atomic mass is 16.5. The number of ether oxygens (including phenoxy) is 4. The van der Waals surface area contributed by atoms with Crippen LogP contribution in [-0.4, -0.2) is 38.5 Å². The van der Waals surface area contributed by atoms with E-state index in [1.807, 2.05) is 97.1 Å². The van der Waals surface area contributed by atoms with Crippen molar-refractivity contribution in [2.45, 2.75) is 104 Å². The Kier molecular flexibility index (Phi) is 20.5. The third-order valence-corrected chi connectivity index (χ3v) is 9.02. The molecule has 0 unspecified atom stereocenters. The first-order chi connectivity index (χ1) is 27.5. The second-order valence-corrected chi connectivity index (χ2v) is 13.9. The fourth-order valence-corrected chi connectivity index (χ4v) is 5.91. The molecule has 4 rings (SSSR count). The standard InChI is InChI=1S/C46H62N4O6/c1-3-5-13-31-53-41-27-23-37(24-28-41)47-45(51)49-39-19-17-21-43(35-39)55-33-15-11-9-7-8-10-12-16-34-56-44-22-18-20-40(36-44)50-46(52)48-38-25-29-42(30-26-38)54-32-14-6-4-2/h17-30,35-36H,3-16,31-34H2,1-2H3,(H2,47,49,51)(H2,48,50,52). The monoisotopic (exact) mass is 766 g/mol. The second-order valence-electron chi connectivity index (χ2n) is 13.9. The van der Waals surface area contributed by atoms with E-state index in [2.05, 4.69) is 35.1 Å². The summed E-state index contributed by atoms with van der Waals surface area (Å²) in [6, 6.07) is 29.2. The van der Waals surface area contributed by atoms with Crippen LogP contribution in [-0.2, 0) is 0 Å². The molecule has 0 aliphatic carbocycles. The van der Waals surface area contributed by atoms with Crippen molar-refractivity contribution in [3.63, 3.8) is 0 Å². The minimum absolute atomic E-state index is 0.311. The van der Waals surface area contributed by atoms with Gasteiger partial charge in [0.05, 0.1) is 26.4 Å². The quantitative estimate of drug-likeness (QED) is 0.0449. The first kappa shape index (κ1) is 43.3. The van der Waals surface area contributed by atoms with Gasteiger partial charge in [-0.15, -0.1) is 0 Å². The zero-order valence-corrected chi connectivity index (χ0v) is 33.4. The molecule has 4 aromatic rings. The van der Waals surface area contributed by atoms with E-state index in [-0.39, 0.29) is 12.1 Å². The van der Waals surface area contributed by atoms with E-state index in [1.165, 1.54) is 25.7 Å². The molecule has 0 aromatic heterocycles. The molecule has 0 heterocycles. The summed E-state index contributed by atoms with van der Waals surface area (Å²) in [6.45, 7) is 7.03. The van der Waals surface area contributed by atoms with E-state index < -0.39 is 0 Å². The molecule has 4 amide bonds. The summed E-state index contributed by atoms with van der Waals surface area (Å²) >= 11 is 0. The molecule has 0 radical (unpaired) electrons. The normalized spacial score (nSPS) is 10.7. The van der Waals surface area contributed by atoms with Crippen molar-refractivity contribution in [3.05, 3.63) is 97.1 Å². The van der Waals surface area contributed by atoms with Crippen LogP contribution >= 0.6 is 0 Å². The highest BCUT2D eigenvalue weighted by Crippen LogP contribution is 2.22. The van der Waals surface area contributed by atoms with E-state index in [0.717, 1.165) is 87.2 Å². The minimum Gasteiger partial charge on any atom is -0.494 e. The first-order valence-corrected chi connectivity index (χ1v) is 20.6. The van der Waals surface area contributed by atoms with Gasteiger partial charge < -0.3 is 40.2 Å². The van der Waals surface area contributed by atoms with Crippen molar-refractivity contribution >= 4 is 34.8 Å². The van der Waals surface area contributed by atoms with Crippen LogP contribution in [0.5, 0.6) is 23.0 Å². The summed E-state index contributed by atoms with van der Waals surface area (Å²) in [5, 5.41) is 11.5. The van der Waals surface area contributed by atoms with Crippen molar-refractivity contribution in [1.29, 1.82) is 0 Å². The second kappa shape index (κ2) is 26.4. The molecule has 0 fully saturated rings. The van der Waals surface area contributed by atoms with Gasteiger partial charge in [-0.05, 0) is 98.5 Å². The number of hydrogen-bond acceptors (Lipinski definition) is 6. The van der Waals surface area contributed by atoms with Crippen LogP contribution in [0.25, 0.3) is 0 Å². The zero-order valence-electron chi connectivity index (χ0n) is 33.4. The summed E-state index contributed by atoms with van der Waals surface area (Å²) in [5.74, 6) is 3.08. The number of nitrogens with one attached hydrogen (secondary N) is 4. The van der Waals surface area contributed by atoms with Gasteiger partial charge in [0.15, 0.2) is 0 Å². The Labute approximate surface area is 334 Å². The number of benzene rings is 4. The maximum absolute atomic E-state index is 12.5. The van der Waals surface area contributed by atoms with Crippen molar-refractivity contribution in [1.82, 2.24) is 0 Å². The highest BCUT2D eigenvalue weighted by Gasteiger charge is 2.07. The van der Waals surface area contributed by atoms with Crippen LogP contribution in [0, 0.1) is 0 Å². The van der Waals surface area contributed by atoms with Gasteiger partial charge in [0.2, 0.25) is 0 Å². The Morgan fingerprint density at radius 3 is 1.07 bits per heavy atom. The van der Waals surface area contributed by atoms with Crippen LogP contribution in [0.4, 0.5) is 32.3 Å². The van der Waals surface area contributed by atoms with E-state index in [1.54, 1.807) is 0 Å². The fraction of sp³-hybridized carbons (Fsp3) is 0.435. The Bertz CT molecular complexity index is 1560. The average Bonchev–Trinajstić information content (AvgIpc) is 3.20. The van der Waals surface area contributed by atoms with Gasteiger partial charge >= 0.3 is 12.1 Å². The number of rotatable bonds is 27. The average molecular weight is 767 g/mol. The summed E-state index contributed by atoms with van der Waals surface area (Å²) in [4.78, 5) is 25.1. The van der Waals surface area contributed by atoms with Crippen molar-refractivity contribution < 1.29 is 28.5 Å². The van der Waals surface area contributed by atoms with Gasteiger partial charge in [-0.1, -0.05) is 90.2 Å². The Morgan fingerprint density at radius 1 is 0.375 bits per heavy atom. The third-order valence-electron chi connectivity index (χ3n) is 9.02. The molecule has 10 nitrogen and oxygen atoms in total. The van der Waals surface area contributed by atoms with Crippen LogP contribution in [0.2, 0.25) is 0 Å². The molecule has 0 bridgehead atoms. The van der Waals surface area contributed by atoms with Crippen molar-refractivity contribution in [3.8, 4) is 23.0 Å². The Hall–Kier alpha value is -5.38. The first-order valence-electron chi connectivity index (χ1n) is 20.6. The lowest BCUT2D eigenvalue weighted by Crippen LogP contribution is -2.19. The molecule has 0 saturated carbocycles. The van der Waals surface area contributed by atoms with Gasteiger partial charge in [-0.3, -0.25) is 0 Å². The van der Waals surface area contributed by atoms with E-state index in [9.17, 15) is 9.59 Å². The summed E-state index contributed by atoms with van der Waals surface area (Å²) in [5.41, 5.74) is 2.74. The maximum Gasteiger partial charge on any atom is 0.323 e. The molecule has 0 atom stereocenters. The predicted octanol–water partition coefficient (Wildman–Crippen LogP) is 12.7. The van der Waals surface area contributed by atoms with Crippen LogP contribution in [0.3, 0.4) is 0 Å². The topological polar surface area (TPSA) is 119 Å². The van der Waals surface area contributed by atoms with E-state index in [4.69, 9.17) is 18.9 Å². The number of hydrogen-bond donors (Lipinski definition) is 4. The number of unbranched alkanes of at least 4 members (excludes halogenated alkanes) is 11. The van der Waals surface area contributed by atoms with Gasteiger partial charge in [-0.2, -0.15) is 0 Å². The smallest absolute Gasteiger partial charge is 0.323 e. The predicted molar refractivity (Wildman–Crippen MR) is 229 cm³/mol. The summed E-state index contributed by atoms with van der Waals surface area (Å²) in [7, 11) is 0. The Morgan fingerprint density at radius 2 is 0.696 bits per heavy atom. The number of anilines is 4. The van der Waals surface area contributed by atoms with Gasteiger partial charge in [0.1, 0.15) is 23.0 Å². The number of carbonyl (C=O) groups is 2. The van der Waals surface area contributed by atoms with Gasteiger partial charge in [-0.25, -0.2) is 9.59 Å². The lowest BCUT2D eigenvalue weighted by molar-refractivity contribution is 0.261. The highest BCUT2D eigenvalue weighted by molar-refractivity contribution is 6.00. The van der Waals surface area contributed by atoms with Crippen LogP contribution in [0.1, 0.15) is 104 Å². The molecule has 4 N–H and O–H groups in total. The van der Waals surface area contributed by atoms with E-state index >= 15 is 0 Å². The molecular formula is C46H62N4O6. The lowest BCUT2D eigenvalue weighted by Gasteiger charge is -2.11. The van der Waals surface area contributed by atoms with Gasteiger partial charge in [0.25, 0.3) is 0 Å². The van der Waals surface area contributed by atoms with Crippen LogP contribution in [0.15, 0.2) is 97.1 Å². The summed E-state index contributed by atoms with van der Waals surface area (Å²) in [6.07, 6.45) is 15.7. The molecule has 302 valence electrons. The summed E-state index contributed by atoms with van der Waals surface area (Å²) < 4.78 is 23.4. The molecule has 4 aromatic carbocycles. The largest absolute Gasteiger partial charge is 0.494 e. The van der Waals surface area contributed by atoms with Crippen LogP contribution < -0.4 is 40.2 Å². The fourth-order valence-electron chi connectivity index (χ4n) is 5.91. The molecule has 0 aliphatic heterocycles. The third kappa shape index (κ3) is 18.3. The van der Waals surface area contributed by atoms with E-state index in [0.29, 0.717) is 49.2 Å². The SMILES string of the molecule is CCCCCOc1ccc(NC(=O)Nc2cccc(OCCCCCCCCCCOc3cccc(NC(=O)Nc4ccc(OCCCCC)cc4)c3)c2)cc1. The molecule has 0 saturated heterocycles. The molecule has 10 heteroatoms. The Balaban J connectivity index is 0.987. The molecule has 56 heavy (non-hydrogen) atoms. The molecular weight excluding hydrogens is 705 g/mol. The molecule has 0 aliphatic rings. The number of amides is 4. The molecule has 0 spiro atoms. The number of urea groups is 2. The van der Waals surface area contributed by atoms with Gasteiger partial charge in [0, 0.05) is 34.9 Å². The zero-order chi connectivity index (χ0) is 39.5. The number of carbonyl (C=O) groups excluding carboxylic acids is 2. The lowest BCUT2D eigenvalue weighted by atomic mass is 10.1. The van der Waals surface area contributed by atoms with Crippen molar-refractivity contribution in [2.75, 3.05) is 47.7 Å². The van der Waals surface area contributed by atoms with Crippen molar-refractivity contribution in [2.24, 2.45) is 0 Å². The minimum atomic E-state index is -0.311.